The summed E-state index contributed by atoms with van der Waals surface area (Å²) >= 11 is 7.71. The molecule has 10 heteroatoms. The van der Waals surface area contributed by atoms with Gasteiger partial charge in [-0.25, -0.2) is 0 Å². The van der Waals surface area contributed by atoms with Gasteiger partial charge in [0.25, 0.3) is 0 Å². The van der Waals surface area contributed by atoms with Crippen molar-refractivity contribution in [2.45, 2.75) is 18.6 Å². The maximum absolute atomic E-state index is 12.3. The Morgan fingerprint density at radius 2 is 2.05 bits per heavy atom. The summed E-state index contributed by atoms with van der Waals surface area (Å²) in [4.78, 5) is 11.0. The smallest absolute Gasteiger partial charge is 0.411 e. The van der Waals surface area contributed by atoms with Gasteiger partial charge in [-0.1, -0.05) is 5.16 Å². The lowest BCUT2D eigenvalue weighted by atomic mass is 10.2. The molecule has 1 aliphatic rings. The van der Waals surface area contributed by atoms with Crippen molar-refractivity contribution in [2.75, 3.05) is 0 Å². The number of oxime groups is 1. The molecule has 104 valence electrons. The second-order valence-corrected chi connectivity index (χ2v) is 7.37. The van der Waals surface area contributed by atoms with Crippen molar-refractivity contribution in [3.8, 4) is 0 Å². The van der Waals surface area contributed by atoms with Crippen LogP contribution in [0.3, 0.4) is 0 Å². The molecule has 0 fully saturated rings. The zero-order valence-corrected chi connectivity index (χ0v) is 12.9. The van der Waals surface area contributed by atoms with Crippen molar-refractivity contribution >= 4 is 54.8 Å². The van der Waals surface area contributed by atoms with E-state index in [9.17, 15) is 18.0 Å². The highest BCUT2D eigenvalue weighted by Gasteiger charge is 2.43. The van der Waals surface area contributed by atoms with Gasteiger partial charge in [-0.2, -0.15) is 13.2 Å². The van der Waals surface area contributed by atoms with E-state index < -0.39 is 18.1 Å². The van der Waals surface area contributed by atoms with Gasteiger partial charge >= 0.3 is 12.1 Å². The van der Waals surface area contributed by atoms with E-state index in [-0.39, 0.29) is 12.1 Å². The van der Waals surface area contributed by atoms with Crippen molar-refractivity contribution in [1.82, 2.24) is 5.32 Å². The number of hydrogen-bond acceptors (Lipinski definition) is 4. The van der Waals surface area contributed by atoms with E-state index in [0.29, 0.717) is 18.7 Å². The lowest BCUT2D eigenvalue weighted by Crippen LogP contribution is -2.38. The van der Waals surface area contributed by atoms with E-state index in [1.807, 2.05) is 5.32 Å². The Morgan fingerprint density at radius 3 is 2.58 bits per heavy atom. The van der Waals surface area contributed by atoms with E-state index in [2.05, 4.69) is 37.0 Å². The maximum atomic E-state index is 12.3. The molecule has 1 aromatic rings. The van der Waals surface area contributed by atoms with Crippen LogP contribution in [0.1, 0.15) is 23.6 Å². The van der Waals surface area contributed by atoms with E-state index in [0.717, 1.165) is 0 Å². The molecule has 0 aliphatic heterocycles. The van der Waals surface area contributed by atoms with Crippen molar-refractivity contribution in [3.63, 3.8) is 0 Å². The third kappa shape index (κ3) is 2.65. The minimum atomic E-state index is -4.95. The van der Waals surface area contributed by atoms with Crippen molar-refractivity contribution in [3.05, 3.63) is 18.7 Å². The van der Waals surface area contributed by atoms with Crippen LogP contribution in [0, 0.1) is 0 Å². The first-order valence-electron chi connectivity index (χ1n) is 4.82. The van der Waals surface area contributed by atoms with Crippen molar-refractivity contribution < 1.29 is 23.2 Å². The number of halogens is 5. The average molecular weight is 422 g/mol. The fourth-order valence-electron chi connectivity index (χ4n) is 1.82. The highest BCUT2D eigenvalue weighted by molar-refractivity contribution is 9.12. The second-order valence-electron chi connectivity index (χ2n) is 3.71. The number of alkyl halides is 3. The van der Waals surface area contributed by atoms with E-state index in [1.165, 1.54) is 11.3 Å². The first kappa shape index (κ1) is 14.8. The van der Waals surface area contributed by atoms with Crippen molar-refractivity contribution in [2.24, 2.45) is 5.16 Å². The van der Waals surface area contributed by atoms with Crippen LogP contribution in [0.5, 0.6) is 0 Å². The van der Waals surface area contributed by atoms with E-state index in [1.54, 1.807) is 0 Å². The summed E-state index contributed by atoms with van der Waals surface area (Å²) in [5, 5.41) is 13.8. The normalized spacial score (nSPS) is 20.7. The molecule has 0 radical (unpaired) electrons. The number of rotatable bonds is 1. The van der Waals surface area contributed by atoms with Gasteiger partial charge in [0.15, 0.2) is 0 Å². The van der Waals surface area contributed by atoms with Crippen LogP contribution in [0.25, 0.3) is 0 Å². The molecule has 1 amide bonds. The third-order valence-corrected chi connectivity index (χ3v) is 5.15. The summed E-state index contributed by atoms with van der Waals surface area (Å²) in [7, 11) is 0. The van der Waals surface area contributed by atoms with Gasteiger partial charge in [0.05, 0.1) is 19.3 Å². The zero-order chi connectivity index (χ0) is 14.4. The first-order chi connectivity index (χ1) is 8.75. The zero-order valence-electron chi connectivity index (χ0n) is 8.89. The summed E-state index contributed by atoms with van der Waals surface area (Å²) in [5.74, 6) is -2.02. The molecular weight excluding hydrogens is 417 g/mol. The highest BCUT2D eigenvalue weighted by Crippen LogP contribution is 2.46. The largest absolute Gasteiger partial charge is 0.471 e. The summed E-state index contributed by atoms with van der Waals surface area (Å²) in [6.45, 7) is 0. The number of fused-ring (bicyclic) bond motifs is 1. The average Bonchev–Trinajstić information content (AvgIpc) is 2.78. The van der Waals surface area contributed by atoms with Gasteiger partial charge < -0.3 is 10.5 Å². The Hall–Kier alpha value is -0.610. The number of nitrogens with one attached hydrogen (secondary N) is 1. The van der Waals surface area contributed by atoms with E-state index in [4.69, 9.17) is 5.21 Å². The lowest BCUT2D eigenvalue weighted by Gasteiger charge is -2.14. The SMILES string of the molecule is O=C(NC1C/C(=N/O)c2c(Br)sc(Br)c21)C(F)(F)F. The number of hydrogen-bond donors (Lipinski definition) is 2. The number of amides is 1. The van der Waals surface area contributed by atoms with Crippen LogP contribution in [0.4, 0.5) is 13.2 Å². The Labute approximate surface area is 125 Å². The standard InChI is InChI=1S/C9H5Br2F3N2O2S/c10-6-4-2(15-8(17)9(12,13)14)1-3(16-18)5(4)7(11)19-6/h2,18H,1H2,(H,15,17)/b16-3-. The number of nitrogens with zero attached hydrogens (tertiary/aromatic N) is 1. The van der Waals surface area contributed by atoms with Gasteiger partial charge in [-0.3, -0.25) is 4.79 Å². The predicted molar refractivity (Wildman–Crippen MR) is 69.6 cm³/mol. The Bertz CT molecular complexity index is 571. The van der Waals surface area contributed by atoms with Crippen LogP contribution in [-0.4, -0.2) is 23.0 Å². The molecule has 0 aromatic carbocycles. The van der Waals surface area contributed by atoms with Gasteiger partial charge in [0.2, 0.25) is 0 Å². The van der Waals surface area contributed by atoms with Crippen LogP contribution in [-0.2, 0) is 4.79 Å². The number of thiophene rings is 1. The topological polar surface area (TPSA) is 61.7 Å². The highest BCUT2D eigenvalue weighted by atomic mass is 79.9. The second kappa shape index (κ2) is 5.06. The minimum absolute atomic E-state index is 0.00769. The molecule has 1 atom stereocenters. The van der Waals surface area contributed by atoms with E-state index >= 15 is 0 Å². The molecule has 1 heterocycles. The molecule has 2 rings (SSSR count). The van der Waals surface area contributed by atoms with Gasteiger partial charge in [-0.05, 0) is 31.9 Å². The molecule has 19 heavy (non-hydrogen) atoms. The summed E-state index contributed by atoms with van der Waals surface area (Å²) in [6.07, 6.45) is -4.94. The quantitative estimate of drug-likeness (QED) is 0.537. The predicted octanol–water partition coefficient (Wildman–Crippen LogP) is 3.57. The van der Waals surface area contributed by atoms with Gasteiger partial charge in [0, 0.05) is 17.5 Å². The molecule has 0 spiro atoms. The Kier molecular flexibility index (Phi) is 3.94. The first-order valence-corrected chi connectivity index (χ1v) is 7.22. The van der Waals surface area contributed by atoms with Gasteiger partial charge in [-0.15, -0.1) is 11.3 Å². The molecule has 0 saturated heterocycles. The fourth-order valence-corrected chi connectivity index (χ4v) is 5.20. The molecule has 0 bridgehead atoms. The lowest BCUT2D eigenvalue weighted by molar-refractivity contribution is -0.174. The molecule has 0 saturated carbocycles. The number of carbonyl (C=O) groups is 1. The summed E-state index contributed by atoms with van der Waals surface area (Å²) in [6, 6.07) is -0.869. The van der Waals surface area contributed by atoms with Crippen LogP contribution >= 0.6 is 43.2 Å². The van der Waals surface area contributed by atoms with Crippen molar-refractivity contribution in [1.29, 1.82) is 0 Å². The molecular formula is C9H5Br2F3N2O2S. The molecule has 1 unspecified atom stereocenters. The molecule has 2 N–H and O–H groups in total. The summed E-state index contributed by atoms with van der Waals surface area (Å²) < 4.78 is 38.0. The third-order valence-electron chi connectivity index (χ3n) is 2.57. The Morgan fingerprint density at radius 1 is 1.42 bits per heavy atom. The minimum Gasteiger partial charge on any atom is -0.411 e. The van der Waals surface area contributed by atoms with Crippen LogP contribution in [0.2, 0.25) is 0 Å². The number of carbonyl (C=O) groups excluding carboxylic acids is 1. The van der Waals surface area contributed by atoms with Crippen LogP contribution < -0.4 is 5.32 Å². The molecule has 1 aliphatic carbocycles. The molecule has 1 aromatic heterocycles. The fraction of sp³-hybridized carbons (Fsp3) is 0.333. The van der Waals surface area contributed by atoms with Crippen LogP contribution in [0.15, 0.2) is 12.7 Å². The Balaban J connectivity index is 2.35. The maximum Gasteiger partial charge on any atom is 0.471 e. The molecule has 4 nitrogen and oxygen atoms in total. The summed E-state index contributed by atoms with van der Waals surface area (Å²) in [5.41, 5.74) is 1.24. The van der Waals surface area contributed by atoms with Gasteiger partial charge in [0.1, 0.15) is 0 Å². The monoisotopic (exact) mass is 420 g/mol.